The molecule has 12 heavy (non-hydrogen) atoms. The first-order valence-corrected chi connectivity index (χ1v) is 4.05. The van der Waals surface area contributed by atoms with E-state index >= 15 is 0 Å². The van der Waals surface area contributed by atoms with Crippen molar-refractivity contribution in [3.05, 3.63) is 28.0 Å². The molecule has 0 saturated carbocycles. The van der Waals surface area contributed by atoms with Crippen LogP contribution in [0.15, 0.2) is 17.5 Å². The molecule has 0 aliphatic heterocycles. The molecule has 0 unspecified atom stereocenters. The SMILES string of the molecule is O=Cc1sccc1C=CC(=O)O. The minimum atomic E-state index is -1.02. The maximum Gasteiger partial charge on any atom is 0.328 e. The normalized spacial score (nSPS) is 10.3. The van der Waals surface area contributed by atoms with Crippen LogP contribution in [0.1, 0.15) is 15.2 Å². The Balaban J connectivity index is 2.88. The van der Waals surface area contributed by atoms with Gasteiger partial charge in [-0.25, -0.2) is 4.79 Å². The fourth-order valence-electron chi connectivity index (χ4n) is 0.725. The first kappa shape index (κ1) is 8.67. The fraction of sp³-hybridized carbons (Fsp3) is 0. The van der Waals surface area contributed by atoms with Crippen molar-refractivity contribution in [2.75, 3.05) is 0 Å². The number of carboxylic acids is 1. The second kappa shape index (κ2) is 3.82. The summed E-state index contributed by atoms with van der Waals surface area (Å²) in [4.78, 5) is 21.0. The van der Waals surface area contributed by atoms with E-state index in [9.17, 15) is 9.59 Å². The predicted molar refractivity (Wildman–Crippen MR) is 46.4 cm³/mol. The molecule has 0 aliphatic rings. The maximum absolute atomic E-state index is 10.4. The highest BCUT2D eigenvalue weighted by atomic mass is 32.1. The van der Waals surface area contributed by atoms with Gasteiger partial charge >= 0.3 is 5.97 Å². The molecule has 4 heteroatoms. The van der Waals surface area contributed by atoms with E-state index in [1.54, 1.807) is 11.4 Å². The van der Waals surface area contributed by atoms with Crippen LogP contribution in [-0.4, -0.2) is 17.4 Å². The van der Waals surface area contributed by atoms with Crippen LogP contribution in [-0.2, 0) is 4.79 Å². The molecule has 1 aromatic heterocycles. The van der Waals surface area contributed by atoms with E-state index in [4.69, 9.17) is 5.11 Å². The standard InChI is InChI=1S/C8H6O3S/c9-5-7-6(3-4-12-7)1-2-8(10)11/h1-5H,(H,10,11). The van der Waals surface area contributed by atoms with Gasteiger partial charge in [0.25, 0.3) is 0 Å². The van der Waals surface area contributed by atoms with Crippen molar-refractivity contribution in [2.45, 2.75) is 0 Å². The summed E-state index contributed by atoms with van der Waals surface area (Å²) in [5.41, 5.74) is 0.650. The predicted octanol–water partition coefficient (Wildman–Crippen LogP) is 1.66. The Labute approximate surface area is 73.0 Å². The first-order valence-electron chi connectivity index (χ1n) is 3.17. The zero-order valence-electron chi connectivity index (χ0n) is 6.06. The van der Waals surface area contributed by atoms with Crippen LogP contribution in [0.25, 0.3) is 6.08 Å². The zero-order valence-corrected chi connectivity index (χ0v) is 6.88. The van der Waals surface area contributed by atoms with E-state index in [-0.39, 0.29) is 0 Å². The van der Waals surface area contributed by atoms with E-state index in [1.165, 1.54) is 17.4 Å². The lowest BCUT2D eigenvalue weighted by Gasteiger charge is -1.85. The van der Waals surface area contributed by atoms with Crippen LogP contribution in [0.4, 0.5) is 0 Å². The summed E-state index contributed by atoms with van der Waals surface area (Å²) in [5.74, 6) is -1.02. The molecule has 62 valence electrons. The highest BCUT2D eigenvalue weighted by Crippen LogP contribution is 2.15. The minimum absolute atomic E-state index is 0.549. The van der Waals surface area contributed by atoms with Crippen LogP contribution in [0, 0.1) is 0 Å². The van der Waals surface area contributed by atoms with Crippen molar-refractivity contribution >= 4 is 29.7 Å². The molecule has 0 aliphatic carbocycles. The molecule has 1 rings (SSSR count). The number of aliphatic carboxylic acids is 1. The third kappa shape index (κ3) is 2.03. The van der Waals surface area contributed by atoms with Gasteiger partial charge in [0.05, 0.1) is 4.88 Å². The summed E-state index contributed by atoms with van der Waals surface area (Å²) in [7, 11) is 0. The van der Waals surface area contributed by atoms with Gasteiger partial charge in [0.2, 0.25) is 0 Å². The van der Waals surface area contributed by atoms with E-state index in [0.717, 1.165) is 6.08 Å². The monoisotopic (exact) mass is 182 g/mol. The van der Waals surface area contributed by atoms with E-state index in [0.29, 0.717) is 16.7 Å². The third-order valence-electron chi connectivity index (χ3n) is 1.24. The molecule has 0 fully saturated rings. The summed E-state index contributed by atoms with van der Waals surface area (Å²) in [6.45, 7) is 0. The van der Waals surface area contributed by atoms with Gasteiger partial charge in [-0.1, -0.05) is 0 Å². The second-order valence-electron chi connectivity index (χ2n) is 2.03. The quantitative estimate of drug-likeness (QED) is 0.571. The Hall–Kier alpha value is -1.42. The summed E-state index contributed by atoms with van der Waals surface area (Å²) in [5, 5.41) is 10.0. The molecule has 1 N–H and O–H groups in total. The molecule has 0 atom stereocenters. The molecule has 0 amide bonds. The van der Waals surface area contributed by atoms with Gasteiger partial charge in [-0.3, -0.25) is 4.79 Å². The number of hydrogen-bond acceptors (Lipinski definition) is 3. The average molecular weight is 182 g/mol. The lowest BCUT2D eigenvalue weighted by Crippen LogP contribution is -1.85. The third-order valence-corrected chi connectivity index (χ3v) is 2.10. The molecular weight excluding hydrogens is 176 g/mol. The Morgan fingerprint density at radius 3 is 2.92 bits per heavy atom. The van der Waals surface area contributed by atoms with Crippen molar-refractivity contribution in [3.8, 4) is 0 Å². The van der Waals surface area contributed by atoms with Crippen LogP contribution in [0.2, 0.25) is 0 Å². The summed E-state index contributed by atoms with van der Waals surface area (Å²) < 4.78 is 0. The molecule has 0 bridgehead atoms. The van der Waals surface area contributed by atoms with Crippen molar-refractivity contribution in [1.82, 2.24) is 0 Å². The lowest BCUT2D eigenvalue weighted by molar-refractivity contribution is -0.131. The highest BCUT2D eigenvalue weighted by Gasteiger charge is 1.98. The van der Waals surface area contributed by atoms with Gasteiger partial charge in [0.15, 0.2) is 6.29 Å². The van der Waals surface area contributed by atoms with Gasteiger partial charge in [0.1, 0.15) is 0 Å². The summed E-state index contributed by atoms with van der Waals surface area (Å²) >= 11 is 1.29. The van der Waals surface area contributed by atoms with Crippen LogP contribution in [0.5, 0.6) is 0 Å². The largest absolute Gasteiger partial charge is 0.478 e. The number of carbonyl (C=O) groups excluding carboxylic acids is 1. The highest BCUT2D eigenvalue weighted by molar-refractivity contribution is 7.11. The van der Waals surface area contributed by atoms with Gasteiger partial charge in [0, 0.05) is 6.08 Å². The number of carbonyl (C=O) groups is 2. The lowest BCUT2D eigenvalue weighted by atomic mass is 10.2. The molecule has 3 nitrogen and oxygen atoms in total. The number of hydrogen-bond donors (Lipinski definition) is 1. The Kier molecular flexibility index (Phi) is 2.76. The molecule has 0 spiro atoms. The van der Waals surface area contributed by atoms with Crippen LogP contribution >= 0.6 is 11.3 Å². The number of aldehydes is 1. The first-order chi connectivity index (χ1) is 5.74. The van der Waals surface area contributed by atoms with Gasteiger partial charge in [-0.05, 0) is 23.1 Å². The van der Waals surface area contributed by atoms with Crippen LogP contribution < -0.4 is 0 Å². The second-order valence-corrected chi connectivity index (χ2v) is 2.98. The number of thiophene rings is 1. The molecular formula is C8H6O3S. The van der Waals surface area contributed by atoms with Crippen molar-refractivity contribution in [2.24, 2.45) is 0 Å². The van der Waals surface area contributed by atoms with Crippen molar-refractivity contribution in [1.29, 1.82) is 0 Å². The van der Waals surface area contributed by atoms with E-state index < -0.39 is 5.97 Å². The fourth-order valence-corrected chi connectivity index (χ4v) is 1.41. The molecule has 0 aromatic carbocycles. The summed E-state index contributed by atoms with van der Waals surface area (Å²) in [6, 6.07) is 1.70. The molecule has 0 saturated heterocycles. The van der Waals surface area contributed by atoms with Crippen molar-refractivity contribution < 1.29 is 14.7 Å². The van der Waals surface area contributed by atoms with Crippen LogP contribution in [0.3, 0.4) is 0 Å². The smallest absolute Gasteiger partial charge is 0.328 e. The zero-order chi connectivity index (χ0) is 8.97. The number of carboxylic acid groups (broad SMARTS) is 1. The van der Waals surface area contributed by atoms with Gasteiger partial charge in [-0.15, -0.1) is 11.3 Å². The summed E-state index contributed by atoms with van der Waals surface area (Å²) in [6.07, 6.45) is 3.13. The Morgan fingerprint density at radius 2 is 2.33 bits per heavy atom. The van der Waals surface area contributed by atoms with Crippen molar-refractivity contribution in [3.63, 3.8) is 0 Å². The van der Waals surface area contributed by atoms with E-state index in [1.807, 2.05) is 0 Å². The van der Waals surface area contributed by atoms with Gasteiger partial charge < -0.3 is 5.11 Å². The maximum atomic E-state index is 10.4. The molecule has 0 radical (unpaired) electrons. The Morgan fingerprint density at radius 1 is 1.58 bits per heavy atom. The van der Waals surface area contributed by atoms with Gasteiger partial charge in [-0.2, -0.15) is 0 Å². The van der Waals surface area contributed by atoms with E-state index in [2.05, 4.69) is 0 Å². The minimum Gasteiger partial charge on any atom is -0.478 e. The topological polar surface area (TPSA) is 54.4 Å². The molecule has 1 aromatic rings. The average Bonchev–Trinajstić information content (AvgIpc) is 2.47. The molecule has 1 heterocycles. The Bertz CT molecular complexity index is 325. The number of rotatable bonds is 3.